The molecule has 2 fully saturated rings. The topological polar surface area (TPSA) is 41.3 Å². The molecule has 1 atom stereocenters. The van der Waals surface area contributed by atoms with Crippen LogP contribution in [0.15, 0.2) is 12.4 Å². The number of aryl methyl sites for hydroxylation is 1. The van der Waals surface area contributed by atoms with E-state index in [-0.39, 0.29) is 5.54 Å². The zero-order valence-electron chi connectivity index (χ0n) is 11.9. The van der Waals surface area contributed by atoms with E-state index in [0.717, 1.165) is 31.8 Å². The van der Waals surface area contributed by atoms with Crippen molar-refractivity contribution in [3.63, 3.8) is 0 Å². The van der Waals surface area contributed by atoms with E-state index in [9.17, 15) is 5.11 Å². The van der Waals surface area contributed by atoms with Crippen LogP contribution in [0.2, 0.25) is 0 Å². The van der Waals surface area contributed by atoms with Gasteiger partial charge in [0, 0.05) is 19.4 Å². The maximum absolute atomic E-state index is 11.0. The summed E-state index contributed by atoms with van der Waals surface area (Å²) in [5.41, 5.74) is -0.0560. The quantitative estimate of drug-likeness (QED) is 0.909. The van der Waals surface area contributed by atoms with Gasteiger partial charge in [-0.3, -0.25) is 4.90 Å². The fourth-order valence-corrected chi connectivity index (χ4v) is 3.97. The number of piperidine rings is 1. The maximum Gasteiger partial charge on any atom is 0.139 e. The van der Waals surface area contributed by atoms with E-state index >= 15 is 0 Å². The largest absolute Gasteiger partial charge is 0.383 e. The summed E-state index contributed by atoms with van der Waals surface area (Å²) in [6, 6.07) is 0. The van der Waals surface area contributed by atoms with Crippen molar-refractivity contribution in [1.29, 1.82) is 0 Å². The van der Waals surface area contributed by atoms with Crippen LogP contribution in [-0.2, 0) is 7.05 Å². The minimum atomic E-state index is -0.451. The van der Waals surface area contributed by atoms with Crippen molar-refractivity contribution in [2.45, 2.75) is 56.6 Å². The van der Waals surface area contributed by atoms with Crippen LogP contribution >= 0.6 is 0 Å². The van der Waals surface area contributed by atoms with Gasteiger partial charge in [0.15, 0.2) is 0 Å². The Morgan fingerprint density at radius 3 is 2.42 bits per heavy atom. The highest BCUT2D eigenvalue weighted by atomic mass is 16.3. The van der Waals surface area contributed by atoms with Gasteiger partial charge in [0.1, 0.15) is 11.9 Å². The number of nitrogens with zero attached hydrogens (tertiary/aromatic N) is 3. The van der Waals surface area contributed by atoms with Crippen LogP contribution in [0.4, 0.5) is 0 Å². The smallest absolute Gasteiger partial charge is 0.139 e. The van der Waals surface area contributed by atoms with Gasteiger partial charge in [-0.1, -0.05) is 19.3 Å². The summed E-state index contributed by atoms with van der Waals surface area (Å²) in [7, 11) is 1.98. The molecule has 2 heterocycles. The van der Waals surface area contributed by atoms with E-state index in [1.807, 2.05) is 17.8 Å². The summed E-state index contributed by atoms with van der Waals surface area (Å²) in [6.45, 7) is 2.28. The molecule has 1 aromatic rings. The standard InChI is InChI=1S/C15H25N3O/c1-17-12-9-16-14(17)13(19)15(7-3-4-8-15)18-10-5-2-6-11-18/h9,12-13,19H,2-8,10-11H2,1H3. The third-order valence-electron chi connectivity index (χ3n) is 5.07. The molecular weight excluding hydrogens is 238 g/mol. The molecule has 0 spiro atoms. The van der Waals surface area contributed by atoms with Gasteiger partial charge < -0.3 is 9.67 Å². The number of hydrogen-bond donors (Lipinski definition) is 1. The minimum Gasteiger partial charge on any atom is -0.383 e. The number of aromatic nitrogens is 2. The van der Waals surface area contributed by atoms with Crippen LogP contribution < -0.4 is 0 Å². The third-order valence-corrected chi connectivity index (χ3v) is 5.07. The Hall–Kier alpha value is -0.870. The molecule has 1 N–H and O–H groups in total. The molecular formula is C15H25N3O. The Bertz CT molecular complexity index is 417. The number of imidazole rings is 1. The fraction of sp³-hybridized carbons (Fsp3) is 0.800. The molecule has 1 saturated heterocycles. The molecule has 106 valence electrons. The lowest BCUT2D eigenvalue weighted by atomic mass is 9.85. The Morgan fingerprint density at radius 1 is 1.16 bits per heavy atom. The molecule has 0 amide bonds. The van der Waals surface area contributed by atoms with Crippen LogP contribution in [0.3, 0.4) is 0 Å². The average Bonchev–Trinajstić information content (AvgIpc) is 3.08. The number of hydrogen-bond acceptors (Lipinski definition) is 3. The minimum absolute atomic E-state index is 0.0560. The van der Waals surface area contributed by atoms with E-state index in [1.54, 1.807) is 6.20 Å². The molecule has 1 unspecified atom stereocenters. The molecule has 1 saturated carbocycles. The van der Waals surface area contributed by atoms with Crippen LogP contribution in [0.5, 0.6) is 0 Å². The van der Waals surface area contributed by atoms with Gasteiger partial charge in [0.25, 0.3) is 0 Å². The van der Waals surface area contributed by atoms with E-state index in [2.05, 4.69) is 9.88 Å². The van der Waals surface area contributed by atoms with Crippen molar-refractivity contribution in [3.8, 4) is 0 Å². The van der Waals surface area contributed by atoms with Crippen LogP contribution in [0.1, 0.15) is 56.9 Å². The lowest BCUT2D eigenvalue weighted by Crippen LogP contribution is -2.53. The first-order valence-electron chi connectivity index (χ1n) is 7.64. The Balaban J connectivity index is 1.89. The molecule has 4 nitrogen and oxygen atoms in total. The summed E-state index contributed by atoms with van der Waals surface area (Å²) in [4.78, 5) is 6.94. The molecule has 2 aliphatic rings. The van der Waals surface area contributed by atoms with Crippen LogP contribution in [-0.4, -0.2) is 38.2 Å². The zero-order chi connectivity index (χ0) is 13.3. The monoisotopic (exact) mass is 263 g/mol. The SMILES string of the molecule is Cn1ccnc1C(O)C1(N2CCCCC2)CCCC1. The molecule has 1 aliphatic carbocycles. The first kappa shape index (κ1) is 13.1. The summed E-state index contributed by atoms with van der Waals surface area (Å²) in [5, 5.41) is 11.0. The van der Waals surface area contributed by atoms with E-state index in [0.29, 0.717) is 0 Å². The highest BCUT2D eigenvalue weighted by Gasteiger charge is 2.47. The molecule has 0 bridgehead atoms. The number of aliphatic hydroxyl groups excluding tert-OH is 1. The molecule has 1 aliphatic heterocycles. The number of rotatable bonds is 3. The Kier molecular flexibility index (Phi) is 3.63. The van der Waals surface area contributed by atoms with Crippen LogP contribution in [0, 0.1) is 0 Å². The second-order valence-electron chi connectivity index (χ2n) is 6.16. The molecule has 4 heteroatoms. The van der Waals surface area contributed by atoms with Gasteiger partial charge in [-0.25, -0.2) is 4.98 Å². The highest BCUT2D eigenvalue weighted by molar-refractivity contribution is 5.10. The zero-order valence-corrected chi connectivity index (χ0v) is 11.9. The van der Waals surface area contributed by atoms with Crippen molar-refractivity contribution in [3.05, 3.63) is 18.2 Å². The molecule has 3 rings (SSSR count). The predicted octanol–water partition coefficient (Wildman–Crippen LogP) is 2.25. The first-order valence-corrected chi connectivity index (χ1v) is 7.64. The Labute approximate surface area is 115 Å². The van der Waals surface area contributed by atoms with Gasteiger partial charge in [-0.05, 0) is 38.8 Å². The van der Waals surface area contributed by atoms with Crippen molar-refractivity contribution >= 4 is 0 Å². The molecule has 1 aromatic heterocycles. The second kappa shape index (κ2) is 5.25. The van der Waals surface area contributed by atoms with Gasteiger partial charge >= 0.3 is 0 Å². The van der Waals surface area contributed by atoms with Gasteiger partial charge in [0.05, 0.1) is 5.54 Å². The predicted molar refractivity (Wildman–Crippen MR) is 74.8 cm³/mol. The van der Waals surface area contributed by atoms with E-state index < -0.39 is 6.10 Å². The van der Waals surface area contributed by atoms with Crippen molar-refractivity contribution in [2.75, 3.05) is 13.1 Å². The lowest BCUT2D eigenvalue weighted by molar-refractivity contribution is -0.0457. The van der Waals surface area contributed by atoms with Gasteiger partial charge in [0.2, 0.25) is 0 Å². The fourth-order valence-electron chi connectivity index (χ4n) is 3.97. The van der Waals surface area contributed by atoms with Gasteiger partial charge in [-0.15, -0.1) is 0 Å². The van der Waals surface area contributed by atoms with Crippen LogP contribution in [0.25, 0.3) is 0 Å². The second-order valence-corrected chi connectivity index (χ2v) is 6.16. The van der Waals surface area contributed by atoms with Crippen molar-refractivity contribution in [2.24, 2.45) is 7.05 Å². The summed E-state index contributed by atoms with van der Waals surface area (Å²) < 4.78 is 1.97. The van der Waals surface area contributed by atoms with Gasteiger partial charge in [-0.2, -0.15) is 0 Å². The molecule has 0 aromatic carbocycles. The summed E-state index contributed by atoms with van der Waals surface area (Å²) in [6.07, 6.45) is 11.8. The highest BCUT2D eigenvalue weighted by Crippen LogP contribution is 2.45. The normalized spacial score (nSPS) is 25.6. The molecule has 0 radical (unpaired) electrons. The maximum atomic E-state index is 11.0. The van der Waals surface area contributed by atoms with Crippen molar-refractivity contribution < 1.29 is 5.11 Å². The summed E-state index contributed by atoms with van der Waals surface area (Å²) >= 11 is 0. The van der Waals surface area contributed by atoms with Crippen molar-refractivity contribution in [1.82, 2.24) is 14.5 Å². The van der Waals surface area contributed by atoms with E-state index in [4.69, 9.17) is 0 Å². The third kappa shape index (κ3) is 2.21. The van der Waals surface area contributed by atoms with E-state index in [1.165, 1.54) is 32.1 Å². The number of aliphatic hydroxyl groups is 1. The average molecular weight is 263 g/mol. The Morgan fingerprint density at radius 2 is 1.84 bits per heavy atom. The number of likely N-dealkylation sites (tertiary alicyclic amines) is 1. The molecule has 19 heavy (non-hydrogen) atoms. The summed E-state index contributed by atoms with van der Waals surface area (Å²) in [5.74, 6) is 0.826. The lowest BCUT2D eigenvalue weighted by Gasteiger charge is -2.46. The first-order chi connectivity index (χ1) is 9.24.